The molecule has 3 rings (SSSR count). The average Bonchev–Trinajstić information content (AvgIpc) is 3.33. The minimum Gasteiger partial charge on any atom is -0.382 e. The molecule has 23 heavy (non-hydrogen) atoms. The van der Waals surface area contributed by atoms with Crippen molar-refractivity contribution >= 4 is 46.0 Å². The van der Waals surface area contributed by atoms with E-state index in [0.29, 0.717) is 6.54 Å². The van der Waals surface area contributed by atoms with E-state index < -0.39 is 6.10 Å². The Kier molecular flexibility index (Phi) is 5.40. The fourth-order valence-corrected chi connectivity index (χ4v) is 4.38. The zero-order valence-corrected chi connectivity index (χ0v) is 14.6. The average molecular weight is 362 g/mol. The van der Waals surface area contributed by atoms with Gasteiger partial charge in [-0.1, -0.05) is 12.1 Å². The van der Waals surface area contributed by atoms with Gasteiger partial charge < -0.3 is 10.4 Å². The van der Waals surface area contributed by atoms with E-state index in [1.807, 2.05) is 47.2 Å². The molecule has 118 valence electrons. The molecule has 1 atom stereocenters. The van der Waals surface area contributed by atoms with Crippen LogP contribution in [0.25, 0.3) is 6.08 Å². The predicted octanol–water partition coefficient (Wildman–Crippen LogP) is 4.28. The van der Waals surface area contributed by atoms with Crippen LogP contribution in [0.15, 0.2) is 53.2 Å². The van der Waals surface area contributed by atoms with Crippen molar-refractivity contribution in [1.29, 1.82) is 0 Å². The van der Waals surface area contributed by atoms with Gasteiger partial charge in [-0.15, -0.1) is 34.0 Å². The van der Waals surface area contributed by atoms with E-state index >= 15 is 0 Å². The van der Waals surface area contributed by atoms with Gasteiger partial charge in [-0.05, 0) is 41.1 Å². The topological polar surface area (TPSA) is 49.3 Å². The Morgan fingerprint density at radius 1 is 1.13 bits per heavy atom. The lowest BCUT2D eigenvalue weighted by Crippen LogP contribution is -2.19. The lowest BCUT2D eigenvalue weighted by atomic mass is 10.2. The quantitative estimate of drug-likeness (QED) is 0.644. The maximum atomic E-state index is 11.8. The Morgan fingerprint density at radius 3 is 2.70 bits per heavy atom. The highest BCUT2D eigenvalue weighted by Gasteiger charge is 2.13. The highest BCUT2D eigenvalue weighted by Crippen LogP contribution is 2.30. The highest BCUT2D eigenvalue weighted by atomic mass is 32.1. The number of amides is 1. The first-order chi connectivity index (χ1) is 11.2. The van der Waals surface area contributed by atoms with Gasteiger partial charge in [0.2, 0.25) is 5.91 Å². The maximum absolute atomic E-state index is 11.8. The fraction of sp³-hybridized carbons (Fsp3) is 0.118. The van der Waals surface area contributed by atoms with Gasteiger partial charge >= 0.3 is 0 Å². The number of hydrogen-bond acceptors (Lipinski definition) is 5. The summed E-state index contributed by atoms with van der Waals surface area (Å²) in [6.45, 7) is 0.468. The van der Waals surface area contributed by atoms with Crippen LogP contribution in [0.2, 0.25) is 0 Å². The Morgan fingerprint density at radius 2 is 1.96 bits per heavy atom. The van der Waals surface area contributed by atoms with E-state index in [2.05, 4.69) is 5.32 Å². The summed E-state index contributed by atoms with van der Waals surface area (Å²) in [7, 11) is 0. The standard InChI is InChI=1S/C17H15NO2S3/c19-16(8-6-12-3-1-9-21-12)18-11-13-5-7-15(23-13)17(20)14-4-2-10-22-14/h1-10,17,20H,11H2,(H,18,19)/b8-6+. The Balaban J connectivity index is 1.54. The maximum Gasteiger partial charge on any atom is 0.244 e. The van der Waals surface area contributed by atoms with Crippen molar-refractivity contribution in [1.82, 2.24) is 5.32 Å². The van der Waals surface area contributed by atoms with Gasteiger partial charge in [-0.2, -0.15) is 0 Å². The Bertz CT molecular complexity index is 773. The molecule has 1 unspecified atom stereocenters. The van der Waals surface area contributed by atoms with E-state index in [9.17, 15) is 9.90 Å². The van der Waals surface area contributed by atoms with Crippen LogP contribution in [0.5, 0.6) is 0 Å². The summed E-state index contributed by atoms with van der Waals surface area (Å²) in [6.07, 6.45) is 2.77. The van der Waals surface area contributed by atoms with Gasteiger partial charge in [0, 0.05) is 25.6 Å². The smallest absolute Gasteiger partial charge is 0.244 e. The first kappa shape index (κ1) is 16.1. The number of aliphatic hydroxyl groups is 1. The largest absolute Gasteiger partial charge is 0.382 e. The van der Waals surface area contributed by atoms with Crippen molar-refractivity contribution in [3.05, 3.63) is 72.7 Å². The lowest BCUT2D eigenvalue weighted by molar-refractivity contribution is -0.116. The number of carbonyl (C=O) groups is 1. The van der Waals surface area contributed by atoms with Gasteiger partial charge in [0.15, 0.2) is 0 Å². The number of carbonyl (C=O) groups excluding carboxylic acids is 1. The van der Waals surface area contributed by atoms with Crippen molar-refractivity contribution in [2.45, 2.75) is 12.6 Å². The van der Waals surface area contributed by atoms with Crippen molar-refractivity contribution in [3.8, 4) is 0 Å². The minimum absolute atomic E-state index is 0.118. The van der Waals surface area contributed by atoms with Gasteiger partial charge in [0.25, 0.3) is 0 Å². The number of thiophene rings is 3. The summed E-state index contributed by atoms with van der Waals surface area (Å²) >= 11 is 4.65. The molecule has 0 spiro atoms. The summed E-state index contributed by atoms with van der Waals surface area (Å²) in [5.74, 6) is -0.118. The molecule has 0 fully saturated rings. The molecule has 3 aromatic heterocycles. The lowest BCUT2D eigenvalue weighted by Gasteiger charge is -2.04. The molecule has 2 N–H and O–H groups in total. The molecular weight excluding hydrogens is 346 g/mol. The number of hydrogen-bond donors (Lipinski definition) is 2. The van der Waals surface area contributed by atoms with Crippen LogP contribution >= 0.6 is 34.0 Å². The van der Waals surface area contributed by atoms with E-state index in [1.54, 1.807) is 23.5 Å². The SMILES string of the molecule is O=C(/C=C/c1cccs1)NCc1ccc(C(O)c2cccs2)s1. The summed E-state index contributed by atoms with van der Waals surface area (Å²) in [5, 5.41) is 17.1. The Hall–Kier alpha value is -1.73. The fourth-order valence-electron chi connectivity index (χ4n) is 2.00. The van der Waals surface area contributed by atoms with Crippen molar-refractivity contribution < 1.29 is 9.90 Å². The molecule has 0 aliphatic carbocycles. The third-order valence-corrected chi connectivity index (χ3v) is 6.04. The second-order valence-corrected chi connectivity index (χ2v) is 7.95. The van der Waals surface area contributed by atoms with E-state index in [4.69, 9.17) is 0 Å². The second-order valence-electron chi connectivity index (χ2n) is 4.79. The van der Waals surface area contributed by atoms with E-state index in [-0.39, 0.29) is 5.91 Å². The number of aliphatic hydroxyl groups excluding tert-OH is 1. The van der Waals surface area contributed by atoms with Gasteiger partial charge in [0.05, 0.1) is 6.54 Å². The van der Waals surface area contributed by atoms with Crippen LogP contribution in [0.1, 0.15) is 25.6 Å². The molecule has 0 bridgehead atoms. The first-order valence-corrected chi connectivity index (χ1v) is 9.59. The molecule has 3 nitrogen and oxygen atoms in total. The van der Waals surface area contributed by atoms with Crippen molar-refractivity contribution in [2.75, 3.05) is 0 Å². The molecule has 0 aromatic carbocycles. The molecule has 0 aliphatic rings. The molecule has 1 amide bonds. The molecule has 3 heterocycles. The highest BCUT2D eigenvalue weighted by molar-refractivity contribution is 7.13. The third kappa shape index (κ3) is 4.39. The molecule has 0 saturated heterocycles. The Labute approximate surface area is 146 Å². The third-order valence-electron chi connectivity index (χ3n) is 3.14. The van der Waals surface area contributed by atoms with E-state index in [0.717, 1.165) is 19.5 Å². The summed E-state index contributed by atoms with van der Waals surface area (Å²) in [5.41, 5.74) is 0. The van der Waals surface area contributed by atoms with Crippen LogP contribution in [0.3, 0.4) is 0 Å². The molecule has 0 radical (unpaired) electrons. The molecule has 0 aliphatic heterocycles. The van der Waals surface area contributed by atoms with Crippen LogP contribution in [0.4, 0.5) is 0 Å². The van der Waals surface area contributed by atoms with Gasteiger partial charge in [-0.25, -0.2) is 0 Å². The van der Waals surface area contributed by atoms with Crippen molar-refractivity contribution in [2.24, 2.45) is 0 Å². The van der Waals surface area contributed by atoms with Crippen LogP contribution in [-0.4, -0.2) is 11.0 Å². The summed E-state index contributed by atoms with van der Waals surface area (Å²) < 4.78 is 0. The predicted molar refractivity (Wildman–Crippen MR) is 97.9 cm³/mol. The first-order valence-electron chi connectivity index (χ1n) is 7.02. The summed E-state index contributed by atoms with van der Waals surface area (Å²) in [4.78, 5) is 15.7. The minimum atomic E-state index is -0.580. The molecule has 6 heteroatoms. The van der Waals surface area contributed by atoms with Crippen molar-refractivity contribution in [3.63, 3.8) is 0 Å². The van der Waals surface area contributed by atoms with Crippen LogP contribution < -0.4 is 5.32 Å². The molecule has 3 aromatic rings. The molecule has 0 saturated carbocycles. The van der Waals surface area contributed by atoms with Gasteiger partial charge in [0.1, 0.15) is 6.10 Å². The number of nitrogens with one attached hydrogen (secondary N) is 1. The van der Waals surface area contributed by atoms with Gasteiger partial charge in [-0.3, -0.25) is 4.79 Å². The second kappa shape index (κ2) is 7.70. The van der Waals surface area contributed by atoms with E-state index in [1.165, 1.54) is 22.7 Å². The zero-order valence-electron chi connectivity index (χ0n) is 12.1. The summed E-state index contributed by atoms with van der Waals surface area (Å²) in [6, 6.07) is 11.6. The number of rotatable bonds is 6. The van der Waals surface area contributed by atoms with Crippen LogP contribution in [-0.2, 0) is 11.3 Å². The molecular formula is C17H15NO2S3. The monoisotopic (exact) mass is 361 g/mol. The zero-order chi connectivity index (χ0) is 16.1. The normalized spacial score (nSPS) is 12.6. The van der Waals surface area contributed by atoms with Crippen LogP contribution in [0, 0.1) is 0 Å².